The van der Waals surface area contributed by atoms with Crippen molar-refractivity contribution in [2.24, 2.45) is 0 Å². The van der Waals surface area contributed by atoms with Crippen molar-refractivity contribution in [1.29, 1.82) is 0 Å². The summed E-state index contributed by atoms with van der Waals surface area (Å²) in [6, 6.07) is 11.2. The summed E-state index contributed by atoms with van der Waals surface area (Å²) >= 11 is 0. The molecule has 0 saturated carbocycles. The van der Waals surface area contributed by atoms with Crippen LogP contribution in [0.2, 0.25) is 0 Å². The third kappa shape index (κ3) is 6.08. The molecule has 2 aromatic carbocycles. The van der Waals surface area contributed by atoms with Crippen molar-refractivity contribution in [1.82, 2.24) is 4.31 Å². The van der Waals surface area contributed by atoms with Crippen molar-refractivity contribution in [2.75, 3.05) is 42.6 Å². The Kier molecular flexibility index (Phi) is 8.21. The molecule has 1 aliphatic rings. The van der Waals surface area contributed by atoms with Crippen LogP contribution in [0.15, 0.2) is 47.4 Å². The predicted molar refractivity (Wildman–Crippen MR) is 132 cm³/mol. The number of nitrogens with one attached hydrogen (secondary N) is 1. The van der Waals surface area contributed by atoms with Crippen molar-refractivity contribution in [3.8, 4) is 5.75 Å². The van der Waals surface area contributed by atoms with Crippen LogP contribution in [0.4, 0.5) is 11.4 Å². The van der Waals surface area contributed by atoms with Gasteiger partial charge in [-0.25, -0.2) is 16.8 Å². The van der Waals surface area contributed by atoms with Gasteiger partial charge in [0.15, 0.2) is 0 Å². The molecule has 0 aromatic heterocycles. The van der Waals surface area contributed by atoms with Gasteiger partial charge in [0.05, 0.1) is 29.6 Å². The van der Waals surface area contributed by atoms with Gasteiger partial charge >= 0.3 is 0 Å². The fourth-order valence-electron chi connectivity index (χ4n) is 3.82. The predicted octanol–water partition coefficient (Wildman–Crippen LogP) is 2.84. The zero-order valence-corrected chi connectivity index (χ0v) is 21.3. The number of anilines is 2. The molecule has 1 aliphatic heterocycles. The minimum atomic E-state index is -3.75. The standard InChI is InChI=1S/C23H31N3O6S2/c1-4-18-8-10-19(11-9-18)26(33(3,28)29)17-23(27)24-21-16-20(12-13-22(21)32-2)34(30,31)25-14-6-5-7-15-25/h8-13,16H,4-7,14-15,17H2,1-3H3,(H,24,27). The Morgan fingerprint density at radius 1 is 1.03 bits per heavy atom. The van der Waals surface area contributed by atoms with E-state index in [1.165, 1.54) is 29.6 Å². The van der Waals surface area contributed by atoms with Crippen molar-refractivity contribution < 1.29 is 26.4 Å². The SMILES string of the molecule is CCc1ccc(N(CC(=O)Nc2cc(S(=O)(=O)N3CCCCC3)ccc2OC)S(C)(=O)=O)cc1. The van der Waals surface area contributed by atoms with E-state index in [0.29, 0.717) is 18.8 Å². The average molecular weight is 510 g/mol. The molecule has 1 heterocycles. The smallest absolute Gasteiger partial charge is 0.245 e. The number of sulfonamides is 2. The van der Waals surface area contributed by atoms with Crippen molar-refractivity contribution >= 4 is 37.3 Å². The summed E-state index contributed by atoms with van der Waals surface area (Å²) in [5.41, 5.74) is 1.56. The van der Waals surface area contributed by atoms with Gasteiger partial charge in [-0.1, -0.05) is 25.5 Å². The Bertz CT molecular complexity index is 1220. The summed E-state index contributed by atoms with van der Waals surface area (Å²) in [6.07, 6.45) is 4.43. The van der Waals surface area contributed by atoms with E-state index in [2.05, 4.69) is 5.32 Å². The van der Waals surface area contributed by atoms with Gasteiger partial charge in [-0.2, -0.15) is 4.31 Å². The molecule has 0 atom stereocenters. The van der Waals surface area contributed by atoms with Crippen LogP contribution in [-0.2, 0) is 31.3 Å². The first-order chi connectivity index (χ1) is 16.1. The summed E-state index contributed by atoms with van der Waals surface area (Å²) in [6.45, 7) is 2.42. The van der Waals surface area contributed by atoms with Gasteiger partial charge < -0.3 is 10.1 Å². The third-order valence-electron chi connectivity index (χ3n) is 5.72. The monoisotopic (exact) mass is 509 g/mol. The molecule has 1 fully saturated rings. The molecule has 34 heavy (non-hydrogen) atoms. The van der Waals surface area contributed by atoms with E-state index in [-0.39, 0.29) is 16.3 Å². The Morgan fingerprint density at radius 2 is 1.68 bits per heavy atom. The molecule has 0 radical (unpaired) electrons. The van der Waals surface area contributed by atoms with E-state index in [1.54, 1.807) is 12.1 Å². The summed E-state index contributed by atoms with van der Waals surface area (Å²) in [5, 5.41) is 2.62. The quantitative estimate of drug-likeness (QED) is 0.556. The Morgan fingerprint density at radius 3 is 2.24 bits per heavy atom. The fourth-order valence-corrected chi connectivity index (χ4v) is 6.22. The molecule has 186 valence electrons. The van der Waals surface area contributed by atoms with E-state index in [0.717, 1.165) is 41.8 Å². The number of rotatable bonds is 9. The highest BCUT2D eigenvalue weighted by molar-refractivity contribution is 7.92. The van der Waals surface area contributed by atoms with E-state index in [1.807, 2.05) is 19.1 Å². The third-order valence-corrected chi connectivity index (χ3v) is 8.75. The number of piperidine rings is 1. The van der Waals surface area contributed by atoms with Gasteiger partial charge in [0.25, 0.3) is 0 Å². The molecular formula is C23H31N3O6S2. The van der Waals surface area contributed by atoms with Gasteiger partial charge in [0, 0.05) is 13.1 Å². The zero-order valence-electron chi connectivity index (χ0n) is 19.7. The molecule has 0 unspecified atom stereocenters. The minimum Gasteiger partial charge on any atom is -0.495 e. The highest BCUT2D eigenvalue weighted by Crippen LogP contribution is 2.30. The lowest BCUT2D eigenvalue weighted by molar-refractivity contribution is -0.114. The number of carbonyl (C=O) groups excluding carboxylic acids is 1. The zero-order chi connectivity index (χ0) is 24.9. The van der Waals surface area contributed by atoms with Gasteiger partial charge in [-0.05, 0) is 55.2 Å². The summed E-state index contributed by atoms with van der Waals surface area (Å²) in [7, 11) is -6.06. The van der Waals surface area contributed by atoms with E-state index < -0.39 is 32.5 Å². The Hall–Kier alpha value is -2.63. The normalized spacial score (nSPS) is 15.0. The highest BCUT2D eigenvalue weighted by atomic mass is 32.2. The number of ether oxygens (including phenoxy) is 1. The van der Waals surface area contributed by atoms with Crippen LogP contribution in [0.1, 0.15) is 31.7 Å². The molecule has 0 aliphatic carbocycles. The van der Waals surface area contributed by atoms with Gasteiger partial charge in [0.2, 0.25) is 26.0 Å². The number of carbonyl (C=O) groups is 1. The molecule has 11 heteroatoms. The average Bonchev–Trinajstić information content (AvgIpc) is 2.82. The minimum absolute atomic E-state index is 0.0422. The second kappa shape index (κ2) is 10.7. The Labute approximate surface area is 201 Å². The van der Waals surface area contributed by atoms with Crippen LogP contribution in [-0.4, -0.2) is 60.0 Å². The first kappa shape index (κ1) is 26.0. The van der Waals surface area contributed by atoms with Crippen molar-refractivity contribution in [3.63, 3.8) is 0 Å². The number of aryl methyl sites for hydroxylation is 1. The number of hydrogen-bond acceptors (Lipinski definition) is 6. The maximum Gasteiger partial charge on any atom is 0.245 e. The number of amides is 1. The molecule has 9 nitrogen and oxygen atoms in total. The fraction of sp³-hybridized carbons (Fsp3) is 0.435. The molecule has 1 saturated heterocycles. The number of methoxy groups -OCH3 is 1. The van der Waals surface area contributed by atoms with Gasteiger partial charge in [0.1, 0.15) is 12.3 Å². The molecule has 1 amide bonds. The first-order valence-corrected chi connectivity index (χ1v) is 14.4. The van der Waals surface area contributed by atoms with Crippen LogP contribution in [0.3, 0.4) is 0 Å². The molecule has 0 bridgehead atoms. The Balaban J connectivity index is 1.85. The number of hydrogen-bond donors (Lipinski definition) is 1. The second-order valence-corrected chi connectivity index (χ2v) is 12.0. The van der Waals surface area contributed by atoms with Crippen LogP contribution in [0.5, 0.6) is 5.75 Å². The maximum absolute atomic E-state index is 13.1. The lowest BCUT2D eigenvalue weighted by atomic mass is 10.1. The summed E-state index contributed by atoms with van der Waals surface area (Å²) in [5.74, 6) is -0.361. The molecule has 3 rings (SSSR count). The lowest BCUT2D eigenvalue weighted by Crippen LogP contribution is -2.37. The van der Waals surface area contributed by atoms with Crippen LogP contribution in [0, 0.1) is 0 Å². The van der Waals surface area contributed by atoms with Crippen LogP contribution < -0.4 is 14.4 Å². The maximum atomic E-state index is 13.1. The second-order valence-electron chi connectivity index (χ2n) is 8.16. The first-order valence-electron chi connectivity index (χ1n) is 11.1. The summed E-state index contributed by atoms with van der Waals surface area (Å²) < 4.78 is 58.6. The molecule has 1 N–H and O–H groups in total. The molecular weight excluding hydrogens is 478 g/mol. The summed E-state index contributed by atoms with van der Waals surface area (Å²) in [4.78, 5) is 12.9. The van der Waals surface area contributed by atoms with E-state index >= 15 is 0 Å². The van der Waals surface area contributed by atoms with Gasteiger partial charge in [-0.15, -0.1) is 0 Å². The largest absolute Gasteiger partial charge is 0.495 e. The van der Waals surface area contributed by atoms with E-state index in [9.17, 15) is 21.6 Å². The molecule has 0 spiro atoms. The number of benzene rings is 2. The lowest BCUT2D eigenvalue weighted by Gasteiger charge is -2.26. The topological polar surface area (TPSA) is 113 Å². The number of nitrogens with zero attached hydrogens (tertiary/aromatic N) is 2. The van der Waals surface area contributed by atoms with Crippen LogP contribution in [0.25, 0.3) is 0 Å². The molecule has 2 aromatic rings. The van der Waals surface area contributed by atoms with Crippen LogP contribution >= 0.6 is 0 Å². The van der Waals surface area contributed by atoms with Gasteiger partial charge in [-0.3, -0.25) is 9.10 Å². The van der Waals surface area contributed by atoms with E-state index in [4.69, 9.17) is 4.74 Å². The highest BCUT2D eigenvalue weighted by Gasteiger charge is 2.27. The van der Waals surface area contributed by atoms with Crippen molar-refractivity contribution in [2.45, 2.75) is 37.5 Å². The van der Waals surface area contributed by atoms with Crippen molar-refractivity contribution in [3.05, 3.63) is 48.0 Å².